The van der Waals surface area contributed by atoms with Gasteiger partial charge >= 0.3 is 0 Å². The van der Waals surface area contributed by atoms with Crippen LogP contribution in [0.1, 0.15) is 24.8 Å². The van der Waals surface area contributed by atoms with Crippen LogP contribution in [0.3, 0.4) is 0 Å². The Morgan fingerprint density at radius 1 is 1.62 bits per heavy atom. The molecule has 0 N–H and O–H groups in total. The molecule has 0 radical (unpaired) electrons. The van der Waals surface area contributed by atoms with E-state index in [-0.39, 0.29) is 0 Å². The lowest BCUT2D eigenvalue weighted by Crippen LogP contribution is -1.73. The summed E-state index contributed by atoms with van der Waals surface area (Å²) in [6.07, 6.45) is -1.85. The third-order valence-corrected chi connectivity index (χ3v) is 0.664. The Bertz CT molecular complexity index is 418. The van der Waals surface area contributed by atoms with Crippen molar-refractivity contribution in [1.29, 1.82) is 0 Å². The average molecular weight is 115 g/mol. The predicted octanol–water partition coefficient (Wildman–Crippen LogP) is 2.25. The van der Waals surface area contributed by atoms with E-state index >= 15 is 0 Å². The van der Waals surface area contributed by atoms with Gasteiger partial charge in [0.25, 0.3) is 0 Å². The number of benzene rings is 1. The van der Waals surface area contributed by atoms with Crippen molar-refractivity contribution in [2.24, 2.45) is 0 Å². The van der Waals surface area contributed by atoms with Crippen LogP contribution in [0.2, 0.25) is 0 Å². The van der Waals surface area contributed by atoms with Crippen molar-refractivity contribution < 1.29 is 12.3 Å². The molecular weight excluding hydrogens is 96.1 g/mol. The summed E-state index contributed by atoms with van der Waals surface area (Å²) in [5.74, 6) is 0. The Morgan fingerprint density at radius 3 is 3.00 bits per heavy atom. The fourth-order valence-electron chi connectivity index (χ4n) is 0.332. The SMILES string of the molecule is [2H]c1c([2H])c([2H])c(C([2H])C([2H])([2H])[2H])c([2H])c1[2H]. The second kappa shape index (κ2) is 2.51. The summed E-state index contributed by atoms with van der Waals surface area (Å²) in [4.78, 5) is 0. The van der Waals surface area contributed by atoms with Gasteiger partial charge in [0.15, 0.2) is 0 Å². The highest BCUT2D eigenvalue weighted by Crippen LogP contribution is 1.96. The monoisotopic (exact) mass is 115 g/mol. The van der Waals surface area contributed by atoms with Gasteiger partial charge in [0.1, 0.15) is 0 Å². The standard InChI is InChI=1S/C8H10/c1-2-8-6-4-3-5-7-8/h3-7H,2H2,1H3/i1D3,2D,3D,4D,5D,6D,7D. The van der Waals surface area contributed by atoms with E-state index in [1.54, 1.807) is 0 Å². The lowest BCUT2D eigenvalue weighted by Gasteiger charge is -1.89. The summed E-state index contributed by atoms with van der Waals surface area (Å²) in [5, 5.41) is 0. The van der Waals surface area contributed by atoms with Crippen molar-refractivity contribution in [3.05, 3.63) is 35.8 Å². The lowest BCUT2D eigenvalue weighted by atomic mass is 10.2. The second-order valence-electron chi connectivity index (χ2n) is 1.18. The van der Waals surface area contributed by atoms with Crippen molar-refractivity contribution in [3.8, 4) is 0 Å². The van der Waals surface area contributed by atoms with Gasteiger partial charge in [-0.1, -0.05) is 37.1 Å². The largest absolute Gasteiger partial charge is 0.0626 e. The third kappa shape index (κ3) is 1.09. The minimum Gasteiger partial charge on any atom is -0.0622 e. The van der Waals surface area contributed by atoms with E-state index in [1.807, 2.05) is 0 Å². The molecule has 0 saturated carbocycles. The van der Waals surface area contributed by atoms with Crippen LogP contribution in [-0.2, 0) is 6.40 Å². The van der Waals surface area contributed by atoms with Gasteiger partial charge in [0.05, 0.1) is 6.85 Å². The van der Waals surface area contributed by atoms with E-state index in [9.17, 15) is 0 Å². The van der Waals surface area contributed by atoms with Gasteiger partial charge in [-0.05, 0) is 12.0 Å². The predicted molar refractivity (Wildman–Crippen MR) is 35.8 cm³/mol. The highest BCUT2D eigenvalue weighted by Gasteiger charge is 1.79. The van der Waals surface area contributed by atoms with E-state index in [4.69, 9.17) is 12.3 Å². The maximum atomic E-state index is 7.50. The van der Waals surface area contributed by atoms with Crippen LogP contribution in [0.15, 0.2) is 30.2 Å². The van der Waals surface area contributed by atoms with Crippen LogP contribution in [-0.4, -0.2) is 0 Å². The third-order valence-electron chi connectivity index (χ3n) is 0.664. The minimum absolute atomic E-state index is 0.490. The van der Waals surface area contributed by atoms with E-state index in [0.29, 0.717) is 0 Å². The summed E-state index contributed by atoms with van der Waals surface area (Å²) in [5.41, 5.74) is -0.490. The van der Waals surface area contributed by atoms with Crippen LogP contribution in [0.25, 0.3) is 0 Å². The normalized spacial score (nSPS) is 30.8. The zero-order valence-electron chi connectivity index (χ0n) is 13.1. The molecule has 0 spiro atoms. The van der Waals surface area contributed by atoms with Gasteiger partial charge in [-0.3, -0.25) is 0 Å². The molecule has 0 aliphatic heterocycles. The molecule has 1 aromatic rings. The van der Waals surface area contributed by atoms with Crippen LogP contribution in [0.5, 0.6) is 0 Å². The van der Waals surface area contributed by atoms with E-state index in [1.165, 1.54) is 0 Å². The van der Waals surface area contributed by atoms with Crippen LogP contribution < -0.4 is 0 Å². The molecule has 0 fully saturated rings. The summed E-state index contributed by atoms with van der Waals surface area (Å²) >= 11 is 0. The molecule has 0 saturated heterocycles. The van der Waals surface area contributed by atoms with Gasteiger partial charge < -0.3 is 0 Å². The van der Waals surface area contributed by atoms with Gasteiger partial charge in [-0.2, -0.15) is 0 Å². The van der Waals surface area contributed by atoms with E-state index in [0.717, 1.165) is 0 Å². The molecule has 0 amide bonds. The summed E-state index contributed by atoms with van der Waals surface area (Å²) in [6, 6.07) is -3.11. The molecule has 1 aromatic carbocycles. The van der Waals surface area contributed by atoms with Gasteiger partial charge in [-0.25, -0.2) is 0 Å². The van der Waals surface area contributed by atoms with Crippen LogP contribution >= 0.6 is 0 Å². The first-order valence-electron chi connectivity index (χ1n) is 6.65. The molecule has 0 heterocycles. The van der Waals surface area contributed by atoms with Gasteiger partial charge in [0, 0.05) is 5.48 Å². The molecule has 0 nitrogen and oxygen atoms in total. The molecule has 0 aliphatic carbocycles. The molecular formula is C8H10. The van der Waals surface area contributed by atoms with Gasteiger partial charge in [-0.15, -0.1) is 0 Å². The first-order valence-corrected chi connectivity index (χ1v) is 2.08. The zero-order valence-corrected chi connectivity index (χ0v) is 4.08. The van der Waals surface area contributed by atoms with Crippen molar-refractivity contribution >= 4 is 0 Å². The number of rotatable bonds is 1. The molecule has 1 unspecified atom stereocenters. The Hall–Kier alpha value is -0.780. The highest BCUT2D eigenvalue weighted by molar-refractivity contribution is 5.13. The summed E-state index contributed by atoms with van der Waals surface area (Å²) < 4.78 is 65.8. The van der Waals surface area contributed by atoms with Crippen molar-refractivity contribution in [2.75, 3.05) is 0 Å². The molecule has 0 aromatic heterocycles. The lowest BCUT2D eigenvalue weighted by molar-refractivity contribution is 1.14. The van der Waals surface area contributed by atoms with Crippen LogP contribution in [0, 0.1) is 0 Å². The number of hydrogen-bond acceptors (Lipinski definition) is 0. The highest BCUT2D eigenvalue weighted by atomic mass is 13.9. The molecule has 0 bridgehead atoms. The summed E-state index contributed by atoms with van der Waals surface area (Å²) in [7, 11) is 0. The van der Waals surface area contributed by atoms with Crippen molar-refractivity contribution in [1.82, 2.24) is 0 Å². The van der Waals surface area contributed by atoms with E-state index in [2.05, 4.69) is 0 Å². The molecule has 1 atom stereocenters. The molecule has 42 valence electrons. The van der Waals surface area contributed by atoms with Crippen LogP contribution in [0.4, 0.5) is 0 Å². The smallest absolute Gasteiger partial charge is 0.0622 e. The second-order valence-corrected chi connectivity index (χ2v) is 1.18. The first-order chi connectivity index (χ1) is 7.59. The maximum absolute atomic E-state index is 7.50. The average Bonchev–Trinajstić information content (AvgIpc) is 2.22. The van der Waals surface area contributed by atoms with E-state index < -0.39 is 49.0 Å². The number of hydrogen-bond donors (Lipinski definition) is 0. The molecule has 8 heavy (non-hydrogen) atoms. The molecule has 0 aliphatic rings. The topological polar surface area (TPSA) is 0 Å². The zero-order chi connectivity index (χ0) is 13.5. The maximum Gasteiger partial charge on any atom is 0.0626 e. The fraction of sp³-hybridized carbons (Fsp3) is 0.250. The Labute approximate surface area is 62.8 Å². The Kier molecular flexibility index (Phi) is 0.333. The minimum atomic E-state index is -2.73. The molecule has 0 heteroatoms. The van der Waals surface area contributed by atoms with Gasteiger partial charge in [0.2, 0.25) is 0 Å². The quantitative estimate of drug-likeness (QED) is 0.526. The Morgan fingerprint density at radius 2 is 2.38 bits per heavy atom. The fourth-order valence-corrected chi connectivity index (χ4v) is 0.332. The Balaban J connectivity index is 3.55. The first kappa shape index (κ1) is 1.06. The van der Waals surface area contributed by atoms with Crippen molar-refractivity contribution in [2.45, 2.75) is 13.2 Å². The van der Waals surface area contributed by atoms with Crippen molar-refractivity contribution in [3.63, 3.8) is 0 Å². The summed E-state index contributed by atoms with van der Waals surface area (Å²) in [6.45, 7) is -2.73. The molecule has 1 rings (SSSR count).